The number of halogens is 1. The van der Waals surface area contributed by atoms with Crippen molar-refractivity contribution >= 4 is 28.5 Å². The molecule has 0 atom stereocenters. The van der Waals surface area contributed by atoms with Gasteiger partial charge in [-0.15, -0.1) is 0 Å². The molecule has 0 radical (unpaired) electrons. The number of carbonyl (C=O) groups is 1. The van der Waals surface area contributed by atoms with Gasteiger partial charge in [-0.05, 0) is 38.5 Å². The third-order valence-corrected chi connectivity index (χ3v) is 1.43. The number of nitrogens with one attached hydrogen (secondary N) is 1. The van der Waals surface area contributed by atoms with E-state index in [1.165, 1.54) is 0 Å². The normalized spacial score (nSPS) is 12.9. The smallest absolute Gasteiger partial charge is 0.244 e. The highest BCUT2D eigenvalue weighted by Crippen LogP contribution is 2.10. The van der Waals surface area contributed by atoms with Crippen LogP contribution in [-0.4, -0.2) is 12.5 Å². The van der Waals surface area contributed by atoms with Crippen molar-refractivity contribution in [2.24, 2.45) is 5.41 Å². The summed E-state index contributed by atoms with van der Waals surface area (Å²) in [6.07, 6.45) is 1.60. The molecule has 1 amide bonds. The molecule has 0 unspecified atom stereocenters. The van der Waals surface area contributed by atoms with Crippen LogP contribution in [0.2, 0.25) is 0 Å². The summed E-state index contributed by atoms with van der Waals surface area (Å²) in [7, 11) is 0. The Bertz CT molecular complexity index is 187. The van der Waals surface area contributed by atoms with Gasteiger partial charge in [0.15, 0.2) is 0 Å². The van der Waals surface area contributed by atoms with Crippen LogP contribution >= 0.6 is 22.6 Å². The van der Waals surface area contributed by atoms with Gasteiger partial charge in [0.1, 0.15) is 0 Å². The van der Waals surface area contributed by atoms with Crippen LogP contribution in [0.25, 0.3) is 0 Å². The van der Waals surface area contributed by atoms with Crippen molar-refractivity contribution in [3.63, 3.8) is 0 Å². The Labute approximate surface area is 87.9 Å². The molecule has 0 aromatic rings. The molecule has 0 aliphatic carbocycles. The molecule has 1 N–H and O–H groups in total. The van der Waals surface area contributed by atoms with Crippen LogP contribution in [0.3, 0.4) is 0 Å². The molecule has 12 heavy (non-hydrogen) atoms. The fourth-order valence-corrected chi connectivity index (χ4v) is 0.867. The second-order valence-electron chi connectivity index (χ2n) is 4.01. The summed E-state index contributed by atoms with van der Waals surface area (Å²) in [4.78, 5) is 11.1. The molecule has 0 aromatic heterocycles. The van der Waals surface area contributed by atoms with E-state index in [1.54, 1.807) is 6.08 Å². The average molecular weight is 281 g/mol. The molecule has 0 spiro atoms. The predicted molar refractivity (Wildman–Crippen MR) is 60.2 cm³/mol. The second kappa shape index (κ2) is 4.84. The molecule has 0 rings (SSSR count). The number of allylic oxidation sites excluding steroid dienone is 1. The number of hydrogen-bond donors (Lipinski definition) is 1. The van der Waals surface area contributed by atoms with E-state index in [4.69, 9.17) is 0 Å². The molecule has 0 aliphatic rings. The second-order valence-corrected chi connectivity index (χ2v) is 5.71. The quantitative estimate of drug-likeness (QED) is 0.611. The van der Waals surface area contributed by atoms with Crippen molar-refractivity contribution < 1.29 is 4.79 Å². The minimum Gasteiger partial charge on any atom is -0.352 e. The van der Waals surface area contributed by atoms with Crippen molar-refractivity contribution in [3.05, 3.63) is 9.66 Å². The lowest BCUT2D eigenvalue weighted by atomic mass is 9.97. The minimum atomic E-state index is -0.00294. The summed E-state index contributed by atoms with van der Waals surface area (Å²) in [5.41, 5.74) is 0.155. The summed E-state index contributed by atoms with van der Waals surface area (Å²) in [6.45, 7) is 8.89. The van der Waals surface area contributed by atoms with Crippen LogP contribution in [0.1, 0.15) is 27.7 Å². The average Bonchev–Trinajstić information content (AvgIpc) is 1.80. The maximum atomic E-state index is 11.1. The molecule has 0 heterocycles. The van der Waals surface area contributed by atoms with E-state index in [0.29, 0.717) is 6.54 Å². The van der Waals surface area contributed by atoms with Crippen molar-refractivity contribution in [2.75, 3.05) is 6.54 Å². The molecular formula is C9H16INO. The Kier molecular flexibility index (Phi) is 4.82. The van der Waals surface area contributed by atoms with Gasteiger partial charge in [0.05, 0.1) is 0 Å². The zero-order chi connectivity index (χ0) is 9.78. The van der Waals surface area contributed by atoms with Crippen molar-refractivity contribution in [3.8, 4) is 0 Å². The monoisotopic (exact) mass is 281 g/mol. The van der Waals surface area contributed by atoms with E-state index < -0.39 is 0 Å². The van der Waals surface area contributed by atoms with Gasteiger partial charge < -0.3 is 5.32 Å². The maximum absolute atomic E-state index is 11.1. The van der Waals surface area contributed by atoms with Crippen molar-refractivity contribution in [2.45, 2.75) is 27.7 Å². The molecule has 0 saturated carbocycles. The van der Waals surface area contributed by atoms with Gasteiger partial charge in [-0.2, -0.15) is 0 Å². The molecule has 0 fully saturated rings. The van der Waals surface area contributed by atoms with Gasteiger partial charge in [-0.1, -0.05) is 20.8 Å². The van der Waals surface area contributed by atoms with Gasteiger partial charge in [0.25, 0.3) is 0 Å². The van der Waals surface area contributed by atoms with E-state index in [1.807, 2.05) is 6.92 Å². The zero-order valence-electron chi connectivity index (χ0n) is 8.07. The highest BCUT2D eigenvalue weighted by Gasteiger charge is 2.10. The topological polar surface area (TPSA) is 29.1 Å². The maximum Gasteiger partial charge on any atom is 0.244 e. The SMILES string of the molecule is C/C(I)=C/C(=O)NCC(C)(C)C. The number of amides is 1. The van der Waals surface area contributed by atoms with Crippen LogP contribution in [0.5, 0.6) is 0 Å². The molecule has 0 aliphatic heterocycles. The van der Waals surface area contributed by atoms with Gasteiger partial charge in [0, 0.05) is 12.6 Å². The van der Waals surface area contributed by atoms with E-state index in [0.717, 1.165) is 3.58 Å². The molecule has 2 nitrogen and oxygen atoms in total. The van der Waals surface area contributed by atoms with Crippen molar-refractivity contribution in [1.82, 2.24) is 5.32 Å². The Hall–Kier alpha value is -0.0600. The van der Waals surface area contributed by atoms with Crippen LogP contribution in [-0.2, 0) is 4.79 Å². The molecule has 3 heteroatoms. The third kappa shape index (κ3) is 8.04. The molecule has 0 saturated heterocycles. The number of carbonyl (C=O) groups excluding carboxylic acids is 1. The van der Waals surface area contributed by atoms with Crippen LogP contribution in [0, 0.1) is 5.41 Å². The lowest BCUT2D eigenvalue weighted by Gasteiger charge is -2.17. The zero-order valence-corrected chi connectivity index (χ0v) is 10.2. The largest absolute Gasteiger partial charge is 0.352 e. The Morgan fingerprint density at radius 2 is 2.00 bits per heavy atom. The van der Waals surface area contributed by atoms with Crippen molar-refractivity contribution in [1.29, 1.82) is 0 Å². The summed E-state index contributed by atoms with van der Waals surface area (Å²) in [5, 5.41) is 2.83. The fraction of sp³-hybridized carbons (Fsp3) is 0.667. The van der Waals surface area contributed by atoms with E-state index in [2.05, 4.69) is 48.7 Å². The van der Waals surface area contributed by atoms with E-state index in [-0.39, 0.29) is 11.3 Å². The van der Waals surface area contributed by atoms with Crippen LogP contribution in [0.4, 0.5) is 0 Å². The number of rotatable bonds is 2. The first-order valence-corrected chi connectivity index (χ1v) is 5.01. The Balaban J connectivity index is 3.81. The van der Waals surface area contributed by atoms with Gasteiger partial charge in [-0.3, -0.25) is 4.79 Å². The molecule has 0 bridgehead atoms. The van der Waals surface area contributed by atoms with Gasteiger partial charge in [0.2, 0.25) is 5.91 Å². The first-order valence-electron chi connectivity index (χ1n) is 3.93. The molecular weight excluding hydrogens is 265 g/mol. The van der Waals surface area contributed by atoms with Crippen LogP contribution < -0.4 is 5.32 Å². The molecule has 0 aromatic carbocycles. The minimum absolute atomic E-state index is 0.00294. The van der Waals surface area contributed by atoms with Gasteiger partial charge >= 0.3 is 0 Å². The first kappa shape index (κ1) is 11.9. The summed E-state index contributed by atoms with van der Waals surface area (Å²) in [6, 6.07) is 0. The Morgan fingerprint density at radius 3 is 2.33 bits per heavy atom. The summed E-state index contributed by atoms with van der Waals surface area (Å²) < 4.78 is 0.999. The standard InChI is InChI=1S/C9H16INO/c1-7(10)5-8(12)11-6-9(2,3)4/h5H,6H2,1-4H3,(H,11,12)/b7-5-. The highest BCUT2D eigenvalue weighted by molar-refractivity contribution is 14.1. The first-order chi connectivity index (χ1) is 5.31. The van der Waals surface area contributed by atoms with E-state index >= 15 is 0 Å². The molecule has 70 valence electrons. The predicted octanol–water partition coefficient (Wildman–Crippen LogP) is 2.49. The lowest BCUT2D eigenvalue weighted by molar-refractivity contribution is -0.116. The van der Waals surface area contributed by atoms with Gasteiger partial charge in [-0.25, -0.2) is 0 Å². The van der Waals surface area contributed by atoms with Crippen LogP contribution in [0.15, 0.2) is 9.66 Å². The highest BCUT2D eigenvalue weighted by atomic mass is 127. The third-order valence-electron chi connectivity index (χ3n) is 1.12. The lowest BCUT2D eigenvalue weighted by Crippen LogP contribution is -2.31. The summed E-state index contributed by atoms with van der Waals surface area (Å²) in [5.74, 6) is -0.00294. The van der Waals surface area contributed by atoms with E-state index in [9.17, 15) is 4.79 Å². The summed E-state index contributed by atoms with van der Waals surface area (Å²) >= 11 is 2.12. The number of hydrogen-bond acceptors (Lipinski definition) is 1. The fourth-order valence-electron chi connectivity index (χ4n) is 0.584. The Morgan fingerprint density at radius 1 is 1.50 bits per heavy atom.